The van der Waals surface area contributed by atoms with Crippen LogP contribution in [0.15, 0.2) is 60.0 Å². The molecule has 4 nitrogen and oxygen atoms in total. The minimum absolute atomic E-state index is 0.214. The number of nitrogens with zero attached hydrogens (tertiary/aromatic N) is 1. The zero-order valence-corrected chi connectivity index (χ0v) is 15.2. The molecular weight excluding hydrogens is 356 g/mol. The molecule has 1 heterocycles. The maximum absolute atomic E-state index is 12.2. The van der Waals surface area contributed by atoms with Crippen LogP contribution >= 0.6 is 22.9 Å². The topological polar surface area (TPSA) is 51.2 Å². The molecule has 1 aromatic heterocycles. The predicted molar refractivity (Wildman–Crippen MR) is 101 cm³/mol. The van der Waals surface area contributed by atoms with Crippen LogP contribution in [0.4, 0.5) is 0 Å². The second-order valence-electron chi connectivity index (χ2n) is 5.42. The number of nitrogens with one attached hydrogen (secondary N) is 1. The number of ether oxygens (including phenoxy) is 1. The van der Waals surface area contributed by atoms with Crippen LogP contribution in [0.2, 0.25) is 5.02 Å². The number of carbonyl (C=O) groups excluding carboxylic acids is 1. The Morgan fingerprint density at radius 1 is 1.20 bits per heavy atom. The average molecular weight is 373 g/mol. The van der Waals surface area contributed by atoms with Gasteiger partial charge in [-0.3, -0.25) is 4.79 Å². The van der Waals surface area contributed by atoms with E-state index in [-0.39, 0.29) is 5.91 Å². The first-order valence-corrected chi connectivity index (χ1v) is 9.08. The Bertz CT molecular complexity index is 851. The van der Waals surface area contributed by atoms with Crippen LogP contribution < -0.4 is 10.1 Å². The smallest absolute Gasteiger partial charge is 0.261 e. The molecule has 0 bridgehead atoms. The monoisotopic (exact) mass is 372 g/mol. The van der Waals surface area contributed by atoms with Crippen molar-refractivity contribution in [2.24, 2.45) is 0 Å². The van der Waals surface area contributed by atoms with Gasteiger partial charge in [-0.05, 0) is 19.1 Å². The second kappa shape index (κ2) is 8.14. The van der Waals surface area contributed by atoms with Gasteiger partial charge in [0.05, 0.1) is 17.3 Å². The number of thiazole rings is 1. The van der Waals surface area contributed by atoms with Crippen molar-refractivity contribution >= 4 is 28.8 Å². The van der Waals surface area contributed by atoms with E-state index in [2.05, 4.69) is 10.3 Å². The Hall–Kier alpha value is -2.37. The summed E-state index contributed by atoms with van der Waals surface area (Å²) in [4.78, 5) is 16.8. The van der Waals surface area contributed by atoms with Crippen LogP contribution in [0.5, 0.6) is 5.75 Å². The average Bonchev–Trinajstić information content (AvgIpc) is 3.11. The third-order valence-corrected chi connectivity index (χ3v) is 4.78. The number of aromatic nitrogens is 1. The number of amides is 1. The SMILES string of the molecule is C[C@H](Oc1ccccc1Cl)C(=O)NCc1csc(-c2ccccc2)n1. The fourth-order valence-electron chi connectivity index (χ4n) is 2.21. The molecular formula is C19H17ClN2O2S. The summed E-state index contributed by atoms with van der Waals surface area (Å²) in [7, 11) is 0. The summed E-state index contributed by atoms with van der Waals surface area (Å²) < 4.78 is 5.61. The minimum Gasteiger partial charge on any atom is -0.479 e. The first-order chi connectivity index (χ1) is 12.1. The third kappa shape index (κ3) is 4.59. The van der Waals surface area contributed by atoms with E-state index in [1.165, 1.54) is 0 Å². The summed E-state index contributed by atoms with van der Waals surface area (Å²) in [5.74, 6) is 0.279. The highest BCUT2D eigenvalue weighted by Crippen LogP contribution is 2.25. The summed E-state index contributed by atoms with van der Waals surface area (Å²) in [5.41, 5.74) is 1.89. The summed E-state index contributed by atoms with van der Waals surface area (Å²) in [5, 5.41) is 6.20. The number of hydrogen-bond donors (Lipinski definition) is 1. The molecule has 0 aliphatic heterocycles. The molecule has 1 atom stereocenters. The van der Waals surface area contributed by atoms with Gasteiger partial charge in [0.25, 0.3) is 5.91 Å². The van der Waals surface area contributed by atoms with Crippen LogP contribution in [-0.4, -0.2) is 17.0 Å². The molecule has 0 radical (unpaired) electrons. The largest absolute Gasteiger partial charge is 0.479 e. The molecule has 25 heavy (non-hydrogen) atoms. The molecule has 6 heteroatoms. The summed E-state index contributed by atoms with van der Waals surface area (Å²) in [6, 6.07) is 17.0. The molecule has 1 N–H and O–H groups in total. The van der Waals surface area contributed by atoms with Gasteiger partial charge in [0.15, 0.2) is 6.10 Å². The molecule has 2 aromatic carbocycles. The van der Waals surface area contributed by atoms with Gasteiger partial charge in [0.1, 0.15) is 10.8 Å². The second-order valence-corrected chi connectivity index (χ2v) is 6.68. The van der Waals surface area contributed by atoms with Gasteiger partial charge in [-0.1, -0.05) is 54.1 Å². The minimum atomic E-state index is -0.646. The summed E-state index contributed by atoms with van der Waals surface area (Å²) in [6.07, 6.45) is -0.646. The Morgan fingerprint density at radius 3 is 2.68 bits per heavy atom. The van der Waals surface area contributed by atoms with Gasteiger partial charge in [-0.2, -0.15) is 0 Å². The van der Waals surface area contributed by atoms with E-state index in [9.17, 15) is 4.79 Å². The van der Waals surface area contributed by atoms with Gasteiger partial charge in [0, 0.05) is 10.9 Å². The Kier molecular flexibility index (Phi) is 5.68. The molecule has 0 saturated heterocycles. The van der Waals surface area contributed by atoms with Gasteiger partial charge in [-0.25, -0.2) is 4.98 Å². The van der Waals surface area contributed by atoms with E-state index < -0.39 is 6.10 Å². The zero-order valence-electron chi connectivity index (χ0n) is 13.6. The zero-order chi connectivity index (χ0) is 17.6. The quantitative estimate of drug-likeness (QED) is 0.690. The molecule has 3 aromatic rings. The molecule has 128 valence electrons. The van der Waals surface area contributed by atoms with E-state index in [1.807, 2.05) is 47.8 Å². The molecule has 3 rings (SSSR count). The number of benzene rings is 2. The van der Waals surface area contributed by atoms with Crippen LogP contribution in [0.25, 0.3) is 10.6 Å². The molecule has 0 spiro atoms. The molecule has 0 saturated carbocycles. The Balaban J connectivity index is 1.55. The maximum atomic E-state index is 12.2. The van der Waals surface area contributed by atoms with Crippen molar-refractivity contribution in [3.63, 3.8) is 0 Å². The lowest BCUT2D eigenvalue weighted by atomic mass is 10.2. The molecule has 0 unspecified atom stereocenters. The standard InChI is InChI=1S/C19H17ClN2O2S/c1-13(24-17-10-6-5-9-16(17)20)18(23)21-11-15-12-25-19(22-15)14-7-3-2-4-8-14/h2-10,12-13H,11H2,1H3,(H,21,23)/t13-/m0/s1. The molecule has 0 aliphatic carbocycles. The highest BCUT2D eigenvalue weighted by molar-refractivity contribution is 7.13. The Labute approximate surface area is 155 Å². The van der Waals surface area contributed by atoms with Crippen LogP contribution in [0, 0.1) is 0 Å². The van der Waals surface area contributed by atoms with Crippen molar-refractivity contribution < 1.29 is 9.53 Å². The summed E-state index contributed by atoms with van der Waals surface area (Å²) in [6.45, 7) is 2.05. The van der Waals surface area contributed by atoms with E-state index >= 15 is 0 Å². The van der Waals surface area contributed by atoms with Crippen molar-refractivity contribution in [1.29, 1.82) is 0 Å². The number of carbonyl (C=O) groups is 1. The lowest BCUT2D eigenvalue weighted by Gasteiger charge is -2.15. The highest BCUT2D eigenvalue weighted by Gasteiger charge is 2.16. The molecule has 0 fully saturated rings. The van der Waals surface area contributed by atoms with Crippen molar-refractivity contribution in [3.8, 4) is 16.3 Å². The van der Waals surface area contributed by atoms with Crippen molar-refractivity contribution in [3.05, 3.63) is 70.7 Å². The van der Waals surface area contributed by atoms with E-state index in [1.54, 1.807) is 30.4 Å². The first-order valence-electron chi connectivity index (χ1n) is 7.82. The van der Waals surface area contributed by atoms with Crippen molar-refractivity contribution in [1.82, 2.24) is 10.3 Å². The lowest BCUT2D eigenvalue weighted by molar-refractivity contribution is -0.127. The number of hydrogen-bond acceptors (Lipinski definition) is 4. The number of halogens is 1. The lowest BCUT2D eigenvalue weighted by Crippen LogP contribution is -2.36. The van der Waals surface area contributed by atoms with Crippen molar-refractivity contribution in [2.45, 2.75) is 19.6 Å². The third-order valence-electron chi connectivity index (χ3n) is 3.53. The number of rotatable bonds is 6. The normalized spacial score (nSPS) is 11.8. The highest BCUT2D eigenvalue weighted by atomic mass is 35.5. The fraction of sp³-hybridized carbons (Fsp3) is 0.158. The maximum Gasteiger partial charge on any atom is 0.261 e. The van der Waals surface area contributed by atoms with Crippen LogP contribution in [0.3, 0.4) is 0 Å². The van der Waals surface area contributed by atoms with Crippen molar-refractivity contribution in [2.75, 3.05) is 0 Å². The molecule has 1 amide bonds. The van der Waals surface area contributed by atoms with E-state index in [0.29, 0.717) is 17.3 Å². The predicted octanol–water partition coefficient (Wildman–Crippen LogP) is 4.55. The fourth-order valence-corrected chi connectivity index (χ4v) is 3.21. The van der Waals surface area contributed by atoms with Gasteiger partial charge >= 0.3 is 0 Å². The van der Waals surface area contributed by atoms with Gasteiger partial charge < -0.3 is 10.1 Å². The van der Waals surface area contributed by atoms with Gasteiger partial charge in [0.2, 0.25) is 0 Å². The first kappa shape index (κ1) is 17.5. The molecule has 0 aliphatic rings. The van der Waals surface area contributed by atoms with Gasteiger partial charge in [-0.15, -0.1) is 11.3 Å². The summed E-state index contributed by atoms with van der Waals surface area (Å²) >= 11 is 7.60. The van der Waals surface area contributed by atoms with E-state index in [0.717, 1.165) is 16.3 Å². The van der Waals surface area contributed by atoms with Crippen LogP contribution in [0.1, 0.15) is 12.6 Å². The van der Waals surface area contributed by atoms with E-state index in [4.69, 9.17) is 16.3 Å². The Morgan fingerprint density at radius 2 is 1.92 bits per heavy atom. The van der Waals surface area contributed by atoms with Crippen LogP contribution in [-0.2, 0) is 11.3 Å². The number of para-hydroxylation sites is 1.